The van der Waals surface area contributed by atoms with Crippen LogP contribution in [0, 0.1) is 5.92 Å². The zero-order valence-corrected chi connectivity index (χ0v) is 14.7. The Morgan fingerprint density at radius 1 is 1.04 bits per heavy atom. The summed E-state index contributed by atoms with van der Waals surface area (Å²) in [5.74, 6) is 0.411. The van der Waals surface area contributed by atoms with E-state index in [2.05, 4.69) is 82.8 Å². The van der Waals surface area contributed by atoms with E-state index in [0.717, 1.165) is 13.0 Å². The van der Waals surface area contributed by atoms with Crippen molar-refractivity contribution in [2.24, 2.45) is 5.92 Å². The maximum atomic E-state index is 6.15. The Hall–Kier alpha value is -1.58. The van der Waals surface area contributed by atoms with Crippen molar-refractivity contribution in [3.63, 3.8) is 0 Å². The lowest BCUT2D eigenvalue weighted by Crippen LogP contribution is -2.19. The Balaban J connectivity index is 1.70. The Morgan fingerprint density at radius 2 is 1.78 bits per heavy atom. The third-order valence-electron chi connectivity index (χ3n) is 4.93. The summed E-state index contributed by atoms with van der Waals surface area (Å²) in [5.41, 5.74) is 5.36. The van der Waals surface area contributed by atoms with Gasteiger partial charge in [-0.1, -0.05) is 71.4 Å². The maximum absolute atomic E-state index is 6.15. The number of hydrogen-bond donors (Lipinski definition) is 1. The van der Waals surface area contributed by atoms with E-state index >= 15 is 0 Å². The van der Waals surface area contributed by atoms with E-state index in [1.165, 1.54) is 26.9 Å². The highest BCUT2D eigenvalue weighted by atomic mass is 79.9. The van der Waals surface area contributed by atoms with Gasteiger partial charge < -0.3 is 10.1 Å². The van der Waals surface area contributed by atoms with Gasteiger partial charge in [0.1, 0.15) is 6.10 Å². The van der Waals surface area contributed by atoms with Crippen molar-refractivity contribution in [1.29, 1.82) is 0 Å². The van der Waals surface area contributed by atoms with Gasteiger partial charge in [-0.05, 0) is 22.8 Å². The smallest absolute Gasteiger partial charge is 0.106 e. The summed E-state index contributed by atoms with van der Waals surface area (Å²) < 4.78 is 7.32. The second-order valence-electron chi connectivity index (χ2n) is 6.28. The first kappa shape index (κ1) is 15.0. The third-order valence-corrected chi connectivity index (χ3v) is 5.65. The average molecular weight is 370 g/mol. The van der Waals surface area contributed by atoms with Crippen LogP contribution in [0.3, 0.4) is 0 Å². The summed E-state index contributed by atoms with van der Waals surface area (Å²) in [4.78, 5) is 0. The van der Waals surface area contributed by atoms with Crippen molar-refractivity contribution < 1.29 is 4.74 Å². The lowest BCUT2D eigenvalue weighted by atomic mass is 9.85. The van der Waals surface area contributed by atoms with Crippen LogP contribution in [0.1, 0.15) is 36.6 Å². The van der Waals surface area contributed by atoms with Crippen molar-refractivity contribution in [3.8, 4) is 0 Å². The van der Waals surface area contributed by atoms with Gasteiger partial charge in [0.15, 0.2) is 0 Å². The largest absolute Gasteiger partial charge is 0.381 e. The molecule has 2 nitrogen and oxygen atoms in total. The molecular formula is C20H20BrNO. The Morgan fingerprint density at radius 3 is 2.57 bits per heavy atom. The molecule has 3 atom stereocenters. The molecule has 2 aromatic carbocycles. The summed E-state index contributed by atoms with van der Waals surface area (Å²) in [5, 5.41) is 3.77. The summed E-state index contributed by atoms with van der Waals surface area (Å²) in [7, 11) is 0. The van der Waals surface area contributed by atoms with Crippen LogP contribution in [0.4, 0.5) is 0 Å². The predicted molar refractivity (Wildman–Crippen MR) is 96.0 cm³/mol. The van der Waals surface area contributed by atoms with Crippen molar-refractivity contribution in [1.82, 2.24) is 5.32 Å². The average Bonchev–Trinajstić information content (AvgIpc) is 2.93. The highest BCUT2D eigenvalue weighted by Crippen LogP contribution is 2.47. The number of rotatable bonds is 2. The van der Waals surface area contributed by atoms with Gasteiger partial charge in [0.25, 0.3) is 0 Å². The van der Waals surface area contributed by atoms with Crippen molar-refractivity contribution in [2.75, 3.05) is 6.61 Å². The standard InChI is InChI=1S/C20H20BrNO/c1-13-18-17(22-19(13)15-9-5-6-10-16(15)21)11-12-23-20(18)14-7-3-2-4-8-14/h2-10,13,19-20,22H,11-12H2,1H3/t13-,19+,20-/m0/s1. The number of nitrogens with one attached hydrogen (secondary N) is 1. The SMILES string of the molecule is C[C@H]1C2=C(CCO[C@H]2c2ccccc2)N[C@H]1c1ccccc1Br. The lowest BCUT2D eigenvalue weighted by Gasteiger charge is -2.28. The van der Waals surface area contributed by atoms with Crippen LogP contribution in [-0.2, 0) is 4.74 Å². The third kappa shape index (κ3) is 2.62. The summed E-state index contributed by atoms with van der Waals surface area (Å²) >= 11 is 3.70. The first-order valence-corrected chi connectivity index (χ1v) is 8.95. The van der Waals surface area contributed by atoms with Crippen LogP contribution in [0.2, 0.25) is 0 Å². The van der Waals surface area contributed by atoms with Crippen molar-refractivity contribution >= 4 is 15.9 Å². The van der Waals surface area contributed by atoms with E-state index < -0.39 is 0 Å². The molecule has 0 saturated heterocycles. The monoisotopic (exact) mass is 369 g/mol. The molecule has 1 N–H and O–H groups in total. The Bertz CT molecular complexity index is 740. The van der Waals surface area contributed by atoms with Gasteiger partial charge in [-0.2, -0.15) is 0 Å². The van der Waals surface area contributed by atoms with Gasteiger partial charge in [-0.15, -0.1) is 0 Å². The van der Waals surface area contributed by atoms with Gasteiger partial charge >= 0.3 is 0 Å². The summed E-state index contributed by atoms with van der Waals surface area (Å²) in [6.07, 6.45) is 1.05. The molecule has 0 amide bonds. The number of hydrogen-bond acceptors (Lipinski definition) is 2. The Labute approximate surface area is 145 Å². The molecule has 23 heavy (non-hydrogen) atoms. The molecule has 0 saturated carbocycles. The van der Waals surface area contributed by atoms with E-state index in [1.807, 2.05) is 0 Å². The number of ether oxygens (including phenoxy) is 1. The normalized spacial score (nSPS) is 26.8. The van der Waals surface area contributed by atoms with Crippen LogP contribution < -0.4 is 5.32 Å². The molecule has 118 valence electrons. The van der Waals surface area contributed by atoms with Gasteiger partial charge in [0.05, 0.1) is 12.6 Å². The molecule has 0 aliphatic carbocycles. The van der Waals surface area contributed by atoms with Gasteiger partial charge in [0, 0.05) is 22.5 Å². The summed E-state index contributed by atoms with van der Waals surface area (Å²) in [6, 6.07) is 19.4. The van der Waals surface area contributed by atoms with Crippen LogP contribution in [-0.4, -0.2) is 6.61 Å². The minimum Gasteiger partial charge on any atom is -0.381 e. The van der Waals surface area contributed by atoms with Crippen LogP contribution in [0.15, 0.2) is 70.3 Å². The van der Waals surface area contributed by atoms with Crippen molar-refractivity contribution in [2.45, 2.75) is 25.5 Å². The highest BCUT2D eigenvalue weighted by Gasteiger charge is 2.39. The molecular weight excluding hydrogens is 350 g/mol. The number of benzene rings is 2. The molecule has 3 heteroatoms. The second-order valence-corrected chi connectivity index (χ2v) is 7.13. The molecule has 0 radical (unpaired) electrons. The minimum atomic E-state index is 0.0786. The van der Waals surface area contributed by atoms with E-state index in [9.17, 15) is 0 Å². The first-order valence-electron chi connectivity index (χ1n) is 8.16. The second kappa shape index (κ2) is 6.14. The maximum Gasteiger partial charge on any atom is 0.106 e. The van der Waals surface area contributed by atoms with Crippen LogP contribution >= 0.6 is 15.9 Å². The molecule has 2 aliphatic heterocycles. The Kier molecular flexibility index (Phi) is 4.00. The van der Waals surface area contributed by atoms with Gasteiger partial charge in [0.2, 0.25) is 0 Å². The van der Waals surface area contributed by atoms with E-state index in [0.29, 0.717) is 12.0 Å². The lowest BCUT2D eigenvalue weighted by molar-refractivity contribution is 0.0625. The van der Waals surface area contributed by atoms with Crippen LogP contribution in [0.25, 0.3) is 0 Å². The zero-order valence-electron chi connectivity index (χ0n) is 13.1. The van der Waals surface area contributed by atoms with Crippen LogP contribution in [0.5, 0.6) is 0 Å². The van der Waals surface area contributed by atoms with E-state index in [4.69, 9.17) is 4.74 Å². The molecule has 0 fully saturated rings. The van der Waals surface area contributed by atoms with Gasteiger partial charge in [-0.3, -0.25) is 0 Å². The van der Waals surface area contributed by atoms with Gasteiger partial charge in [-0.25, -0.2) is 0 Å². The molecule has 0 unspecified atom stereocenters. The molecule has 0 spiro atoms. The molecule has 0 bridgehead atoms. The number of halogens is 1. The molecule has 2 heterocycles. The summed E-state index contributed by atoms with van der Waals surface area (Å²) in [6.45, 7) is 3.09. The molecule has 0 aromatic heterocycles. The fourth-order valence-electron chi connectivity index (χ4n) is 3.81. The molecule has 4 rings (SSSR count). The molecule has 2 aromatic rings. The predicted octanol–water partition coefficient (Wildman–Crippen LogP) is 5.15. The van der Waals surface area contributed by atoms with Crippen molar-refractivity contribution in [3.05, 3.63) is 81.5 Å². The van der Waals surface area contributed by atoms with E-state index in [1.54, 1.807) is 0 Å². The van der Waals surface area contributed by atoms with E-state index in [-0.39, 0.29) is 6.10 Å². The minimum absolute atomic E-state index is 0.0786. The fourth-order valence-corrected chi connectivity index (χ4v) is 4.34. The topological polar surface area (TPSA) is 21.3 Å². The molecule has 2 aliphatic rings. The highest BCUT2D eigenvalue weighted by molar-refractivity contribution is 9.10. The zero-order chi connectivity index (χ0) is 15.8. The fraction of sp³-hybridized carbons (Fsp3) is 0.300. The quantitative estimate of drug-likeness (QED) is 0.790. The first-order chi connectivity index (χ1) is 11.3.